The van der Waals surface area contributed by atoms with Gasteiger partial charge in [-0.05, 0) is 91.1 Å². The largest absolute Gasteiger partial charge is 0.351 e. The normalized spacial score (nSPS) is 16.5. The van der Waals surface area contributed by atoms with Crippen LogP contribution in [0.5, 0.6) is 0 Å². The average Bonchev–Trinajstić information content (AvgIpc) is 3.58. The molecule has 0 bridgehead atoms. The lowest BCUT2D eigenvalue weighted by molar-refractivity contribution is -0.384. The van der Waals surface area contributed by atoms with Crippen molar-refractivity contribution in [3.05, 3.63) is 141 Å². The number of nitrogens with zero attached hydrogens (tertiary/aromatic N) is 4. The van der Waals surface area contributed by atoms with Crippen molar-refractivity contribution in [2.45, 2.75) is 21.9 Å². The van der Waals surface area contributed by atoms with Crippen molar-refractivity contribution >= 4 is 63.7 Å². The molecular formula is C30H21Cl2N5O2S2. The number of aromatic nitrogens is 2. The number of rotatable bonds is 7. The lowest BCUT2D eigenvalue weighted by Crippen LogP contribution is -2.30. The maximum atomic E-state index is 11.0. The van der Waals surface area contributed by atoms with Crippen LogP contribution in [0.3, 0.4) is 0 Å². The van der Waals surface area contributed by atoms with E-state index in [1.54, 1.807) is 24.4 Å². The zero-order valence-corrected chi connectivity index (χ0v) is 24.4. The summed E-state index contributed by atoms with van der Waals surface area (Å²) in [6.45, 7) is 0. The van der Waals surface area contributed by atoms with Crippen molar-refractivity contribution in [3.63, 3.8) is 0 Å². The SMILES string of the molecule is O=[N+]([O-])c1ccc(Sc2ccc(N3C(=S)N[C@@H](c4ccccn4)[C@H]3c3cccn3-c3ccc(Cl)cc3Cl)cc2)cc1. The van der Waals surface area contributed by atoms with E-state index in [9.17, 15) is 10.1 Å². The van der Waals surface area contributed by atoms with E-state index >= 15 is 0 Å². The molecule has 6 rings (SSSR count). The van der Waals surface area contributed by atoms with Gasteiger partial charge < -0.3 is 14.8 Å². The molecule has 1 aliphatic rings. The van der Waals surface area contributed by atoms with E-state index in [2.05, 4.69) is 25.8 Å². The molecule has 1 N–H and O–H groups in total. The summed E-state index contributed by atoms with van der Waals surface area (Å²) in [5, 5.41) is 16.2. The number of halogens is 2. The number of nitro groups is 1. The van der Waals surface area contributed by atoms with Crippen LogP contribution in [0.2, 0.25) is 10.0 Å². The first-order valence-corrected chi connectivity index (χ1v) is 14.5. The predicted molar refractivity (Wildman–Crippen MR) is 167 cm³/mol. The number of non-ortho nitro benzene ring substituents is 1. The first-order chi connectivity index (χ1) is 19.9. The van der Waals surface area contributed by atoms with Gasteiger partial charge in [0.1, 0.15) is 6.04 Å². The standard InChI is InChI=1S/C30H21Cl2N5O2S2/c31-19-6-15-26(24(32)18-19)35-17-3-5-27(35)29-28(25-4-1-2-16-33-25)34-30(40)36(29)20-7-11-22(12-8-20)41-23-13-9-21(10-14-23)37(38)39/h1-18,28-29H,(H,34,40)/t28-,29+/m0/s1. The van der Waals surface area contributed by atoms with E-state index in [1.807, 2.05) is 66.9 Å². The lowest BCUT2D eigenvalue weighted by atomic mass is 10.0. The fourth-order valence-corrected chi connectivity index (χ4v) is 6.57. The summed E-state index contributed by atoms with van der Waals surface area (Å²) in [5.41, 5.74) is 3.62. The third kappa shape index (κ3) is 5.54. The first-order valence-electron chi connectivity index (χ1n) is 12.5. The van der Waals surface area contributed by atoms with Crippen LogP contribution in [0, 0.1) is 10.1 Å². The van der Waals surface area contributed by atoms with Gasteiger partial charge in [0.25, 0.3) is 5.69 Å². The minimum absolute atomic E-state index is 0.0675. The Morgan fingerprint density at radius 3 is 2.32 bits per heavy atom. The number of hydrogen-bond donors (Lipinski definition) is 1. The molecule has 0 unspecified atom stereocenters. The Bertz CT molecular complexity index is 1730. The summed E-state index contributed by atoms with van der Waals surface area (Å²) in [6.07, 6.45) is 3.75. The van der Waals surface area contributed by atoms with Crippen LogP contribution < -0.4 is 10.2 Å². The molecule has 0 radical (unpaired) electrons. The van der Waals surface area contributed by atoms with Crippen LogP contribution in [0.15, 0.2) is 119 Å². The van der Waals surface area contributed by atoms with Crippen LogP contribution in [-0.2, 0) is 0 Å². The molecule has 0 saturated carbocycles. The average molecular weight is 619 g/mol. The second kappa shape index (κ2) is 11.5. The minimum atomic E-state index is -0.401. The molecular weight excluding hydrogens is 597 g/mol. The van der Waals surface area contributed by atoms with Gasteiger partial charge in [0, 0.05) is 50.7 Å². The number of benzene rings is 3. The zero-order valence-electron chi connectivity index (χ0n) is 21.2. The quantitative estimate of drug-likeness (QED) is 0.112. The Morgan fingerprint density at radius 1 is 0.927 bits per heavy atom. The van der Waals surface area contributed by atoms with Crippen molar-refractivity contribution < 1.29 is 4.92 Å². The molecule has 3 aromatic carbocycles. The fraction of sp³-hybridized carbons (Fsp3) is 0.0667. The number of nitrogens with one attached hydrogen (secondary N) is 1. The molecule has 3 heterocycles. The summed E-state index contributed by atoms with van der Waals surface area (Å²) in [7, 11) is 0. The second-order valence-electron chi connectivity index (χ2n) is 9.24. The number of nitro benzene ring substituents is 1. The molecule has 5 aromatic rings. The van der Waals surface area contributed by atoms with Crippen LogP contribution >= 0.6 is 47.2 Å². The highest BCUT2D eigenvalue weighted by Gasteiger charge is 2.42. The fourth-order valence-electron chi connectivity index (χ4n) is 4.91. The van der Waals surface area contributed by atoms with Gasteiger partial charge >= 0.3 is 0 Å². The van der Waals surface area contributed by atoms with Crippen LogP contribution in [0.1, 0.15) is 23.5 Å². The van der Waals surface area contributed by atoms with Gasteiger partial charge in [0.05, 0.1) is 27.4 Å². The van der Waals surface area contributed by atoms with Gasteiger partial charge in [0.15, 0.2) is 5.11 Å². The Hall–Kier alpha value is -3.89. The summed E-state index contributed by atoms with van der Waals surface area (Å²) in [5.74, 6) is 0. The number of anilines is 1. The summed E-state index contributed by atoms with van der Waals surface area (Å²) < 4.78 is 2.06. The number of thiocarbonyl (C=S) groups is 1. The third-order valence-electron chi connectivity index (χ3n) is 6.75. The van der Waals surface area contributed by atoms with Gasteiger partial charge in [-0.25, -0.2) is 0 Å². The van der Waals surface area contributed by atoms with Crippen LogP contribution in [-0.4, -0.2) is 19.6 Å². The molecule has 204 valence electrons. The van der Waals surface area contributed by atoms with E-state index < -0.39 is 4.92 Å². The van der Waals surface area contributed by atoms with Crippen LogP contribution in [0.25, 0.3) is 5.69 Å². The molecule has 7 nitrogen and oxygen atoms in total. The molecule has 0 amide bonds. The highest BCUT2D eigenvalue weighted by Crippen LogP contribution is 2.43. The van der Waals surface area contributed by atoms with E-state index in [1.165, 1.54) is 23.9 Å². The van der Waals surface area contributed by atoms with Gasteiger partial charge in [-0.2, -0.15) is 0 Å². The topological polar surface area (TPSA) is 76.2 Å². The molecule has 1 aliphatic heterocycles. The molecule has 41 heavy (non-hydrogen) atoms. The summed E-state index contributed by atoms with van der Waals surface area (Å²) in [4.78, 5) is 19.2. The molecule has 2 atom stereocenters. The van der Waals surface area contributed by atoms with Gasteiger partial charge in [0.2, 0.25) is 0 Å². The second-order valence-corrected chi connectivity index (χ2v) is 11.6. The maximum Gasteiger partial charge on any atom is 0.269 e. The first kappa shape index (κ1) is 27.3. The third-order valence-corrected chi connectivity index (χ3v) is 8.62. The Balaban J connectivity index is 1.37. The van der Waals surface area contributed by atoms with E-state index in [0.717, 1.165) is 32.6 Å². The van der Waals surface area contributed by atoms with E-state index in [4.69, 9.17) is 35.4 Å². The van der Waals surface area contributed by atoms with Crippen molar-refractivity contribution in [2.75, 3.05) is 4.90 Å². The zero-order chi connectivity index (χ0) is 28.5. The van der Waals surface area contributed by atoms with Crippen molar-refractivity contribution in [1.82, 2.24) is 14.9 Å². The van der Waals surface area contributed by atoms with E-state index in [0.29, 0.717) is 15.2 Å². The molecule has 1 fully saturated rings. The Labute approximate surface area is 255 Å². The minimum Gasteiger partial charge on any atom is -0.351 e. The smallest absolute Gasteiger partial charge is 0.269 e. The van der Waals surface area contributed by atoms with Crippen molar-refractivity contribution in [2.24, 2.45) is 0 Å². The number of hydrogen-bond acceptors (Lipinski definition) is 5. The molecule has 2 aromatic heterocycles. The summed E-state index contributed by atoms with van der Waals surface area (Å²) >= 11 is 20.3. The predicted octanol–water partition coefficient (Wildman–Crippen LogP) is 8.42. The molecule has 0 spiro atoms. The lowest BCUT2D eigenvalue weighted by Gasteiger charge is -2.29. The molecule has 0 aliphatic carbocycles. The highest BCUT2D eigenvalue weighted by atomic mass is 35.5. The molecule has 11 heteroatoms. The van der Waals surface area contributed by atoms with Crippen LogP contribution in [0.4, 0.5) is 11.4 Å². The van der Waals surface area contributed by atoms with Gasteiger partial charge in [-0.3, -0.25) is 15.1 Å². The van der Waals surface area contributed by atoms with Crippen molar-refractivity contribution in [1.29, 1.82) is 0 Å². The maximum absolute atomic E-state index is 11.0. The highest BCUT2D eigenvalue weighted by molar-refractivity contribution is 7.99. The van der Waals surface area contributed by atoms with Gasteiger partial charge in [-0.1, -0.05) is 41.0 Å². The Kier molecular flexibility index (Phi) is 7.68. The monoisotopic (exact) mass is 617 g/mol. The Morgan fingerprint density at radius 2 is 1.66 bits per heavy atom. The number of pyridine rings is 1. The van der Waals surface area contributed by atoms with Gasteiger partial charge in [-0.15, -0.1) is 0 Å². The summed E-state index contributed by atoms with van der Waals surface area (Å²) in [6, 6.07) is 29.5. The molecule has 1 saturated heterocycles. The van der Waals surface area contributed by atoms with E-state index in [-0.39, 0.29) is 17.8 Å². The van der Waals surface area contributed by atoms with Crippen molar-refractivity contribution in [3.8, 4) is 5.69 Å².